The van der Waals surface area contributed by atoms with Crippen molar-refractivity contribution in [3.8, 4) is 5.75 Å². The summed E-state index contributed by atoms with van der Waals surface area (Å²) in [6.45, 7) is 2.30. The molecule has 0 aliphatic heterocycles. The molecule has 0 aromatic heterocycles. The molecule has 2 atom stereocenters. The molecule has 2 rings (SSSR count). The Morgan fingerprint density at radius 3 is 2.80 bits per heavy atom. The number of hydrogen-bond donors (Lipinski definition) is 1. The van der Waals surface area contributed by atoms with Crippen LogP contribution >= 0.6 is 27.5 Å². The van der Waals surface area contributed by atoms with E-state index in [4.69, 9.17) is 16.3 Å². The lowest BCUT2D eigenvalue weighted by molar-refractivity contribution is 0.412. The van der Waals surface area contributed by atoms with Gasteiger partial charge in [-0.25, -0.2) is 0 Å². The van der Waals surface area contributed by atoms with Gasteiger partial charge in [-0.2, -0.15) is 0 Å². The average Bonchev–Trinajstić information content (AvgIpc) is 2.63. The summed E-state index contributed by atoms with van der Waals surface area (Å²) in [4.78, 5) is 0. The fourth-order valence-electron chi connectivity index (χ4n) is 3.03. The Morgan fingerprint density at radius 2 is 2.10 bits per heavy atom. The van der Waals surface area contributed by atoms with Crippen molar-refractivity contribution in [1.29, 1.82) is 0 Å². The van der Waals surface area contributed by atoms with Gasteiger partial charge in [0.1, 0.15) is 0 Å². The van der Waals surface area contributed by atoms with E-state index in [2.05, 4.69) is 28.2 Å². The van der Waals surface area contributed by atoms with Crippen LogP contribution in [0.4, 0.5) is 5.69 Å². The number of methoxy groups -OCH3 is 1. The lowest BCUT2D eigenvalue weighted by Crippen LogP contribution is -2.19. The smallest absolute Gasteiger partial charge is 0.156 e. The molecule has 2 nitrogen and oxygen atoms in total. The van der Waals surface area contributed by atoms with Crippen molar-refractivity contribution in [2.24, 2.45) is 5.92 Å². The molecule has 0 saturated heterocycles. The normalized spacial score (nSPS) is 23.2. The quantitative estimate of drug-likeness (QED) is 0.677. The Balaban J connectivity index is 2.09. The molecule has 1 N–H and O–H groups in total. The van der Waals surface area contributed by atoms with Gasteiger partial charge in [-0.05, 0) is 53.2 Å². The van der Waals surface area contributed by atoms with Crippen LogP contribution in [0.25, 0.3) is 0 Å². The molecule has 0 heterocycles. The first kappa shape index (κ1) is 16.0. The molecular weight excluding hydrogens is 338 g/mol. The SMILES string of the molecule is CCC1CCCC(Nc2cc(Cl)cc(Br)c2OC)CC1. The third-order valence-electron chi connectivity index (χ3n) is 4.24. The molecule has 2 unspecified atom stereocenters. The Kier molecular flexibility index (Phi) is 6.03. The Hall–Kier alpha value is -0.410. The van der Waals surface area contributed by atoms with Crippen molar-refractivity contribution in [2.75, 3.05) is 12.4 Å². The van der Waals surface area contributed by atoms with Gasteiger partial charge in [0.05, 0.1) is 17.3 Å². The third-order valence-corrected chi connectivity index (χ3v) is 5.05. The van der Waals surface area contributed by atoms with E-state index in [1.807, 2.05) is 12.1 Å². The summed E-state index contributed by atoms with van der Waals surface area (Å²) in [6, 6.07) is 4.34. The predicted molar refractivity (Wildman–Crippen MR) is 90.0 cm³/mol. The number of rotatable bonds is 4. The van der Waals surface area contributed by atoms with Crippen LogP contribution in [0.1, 0.15) is 45.4 Å². The molecule has 20 heavy (non-hydrogen) atoms. The fourth-order valence-corrected chi connectivity index (χ4v) is 4.00. The lowest BCUT2D eigenvalue weighted by Gasteiger charge is -2.20. The molecule has 1 saturated carbocycles. The second kappa shape index (κ2) is 7.56. The predicted octanol–water partition coefficient (Wildman–Crippen LogP) is 5.88. The zero-order chi connectivity index (χ0) is 14.5. The molecule has 1 aromatic rings. The summed E-state index contributed by atoms with van der Waals surface area (Å²) in [7, 11) is 1.69. The first-order chi connectivity index (χ1) is 9.63. The van der Waals surface area contributed by atoms with Crippen LogP contribution in [-0.4, -0.2) is 13.2 Å². The number of benzene rings is 1. The van der Waals surface area contributed by atoms with Crippen LogP contribution in [0.5, 0.6) is 5.75 Å². The van der Waals surface area contributed by atoms with Gasteiger partial charge in [-0.1, -0.05) is 37.8 Å². The highest BCUT2D eigenvalue weighted by atomic mass is 79.9. The molecule has 1 fully saturated rings. The maximum Gasteiger partial charge on any atom is 0.156 e. The molecule has 112 valence electrons. The van der Waals surface area contributed by atoms with Crippen molar-refractivity contribution in [3.05, 3.63) is 21.6 Å². The largest absolute Gasteiger partial charge is 0.493 e. The van der Waals surface area contributed by atoms with Crippen molar-refractivity contribution in [1.82, 2.24) is 0 Å². The van der Waals surface area contributed by atoms with Gasteiger partial charge in [0.15, 0.2) is 5.75 Å². The highest BCUT2D eigenvalue weighted by Gasteiger charge is 2.19. The average molecular weight is 361 g/mol. The van der Waals surface area contributed by atoms with Gasteiger partial charge in [0.2, 0.25) is 0 Å². The summed E-state index contributed by atoms with van der Waals surface area (Å²) in [6.07, 6.45) is 7.75. The number of hydrogen-bond acceptors (Lipinski definition) is 2. The van der Waals surface area contributed by atoms with Crippen LogP contribution in [0, 0.1) is 5.92 Å². The Morgan fingerprint density at radius 1 is 1.30 bits per heavy atom. The molecule has 0 spiro atoms. The maximum absolute atomic E-state index is 6.15. The van der Waals surface area contributed by atoms with Gasteiger partial charge in [0, 0.05) is 11.1 Å². The van der Waals surface area contributed by atoms with Gasteiger partial charge >= 0.3 is 0 Å². The van der Waals surface area contributed by atoms with Crippen LogP contribution < -0.4 is 10.1 Å². The van der Waals surface area contributed by atoms with Crippen LogP contribution in [-0.2, 0) is 0 Å². The second-order valence-corrected chi connectivity index (χ2v) is 6.88. The summed E-state index contributed by atoms with van der Waals surface area (Å²) >= 11 is 9.66. The topological polar surface area (TPSA) is 21.3 Å². The highest BCUT2D eigenvalue weighted by Crippen LogP contribution is 2.38. The minimum Gasteiger partial charge on any atom is -0.493 e. The molecular formula is C16H23BrClNO. The molecule has 0 amide bonds. The Labute approximate surface area is 135 Å². The molecule has 0 bridgehead atoms. The van der Waals surface area contributed by atoms with E-state index in [1.54, 1.807) is 7.11 Å². The second-order valence-electron chi connectivity index (χ2n) is 5.59. The fraction of sp³-hybridized carbons (Fsp3) is 0.625. The monoisotopic (exact) mass is 359 g/mol. The van der Waals surface area contributed by atoms with E-state index < -0.39 is 0 Å². The zero-order valence-corrected chi connectivity index (χ0v) is 14.6. The van der Waals surface area contributed by atoms with E-state index in [0.717, 1.165) is 26.9 Å². The summed E-state index contributed by atoms with van der Waals surface area (Å²) < 4.78 is 6.38. The van der Waals surface area contributed by atoms with E-state index in [9.17, 15) is 0 Å². The van der Waals surface area contributed by atoms with Crippen molar-refractivity contribution >= 4 is 33.2 Å². The van der Waals surface area contributed by atoms with Crippen molar-refractivity contribution < 1.29 is 4.74 Å². The third kappa shape index (κ3) is 4.05. The molecule has 4 heteroatoms. The van der Waals surface area contributed by atoms with E-state index in [0.29, 0.717) is 6.04 Å². The summed E-state index contributed by atoms with van der Waals surface area (Å²) in [5, 5.41) is 4.35. The first-order valence-corrected chi connectivity index (χ1v) is 8.60. The van der Waals surface area contributed by atoms with E-state index in [1.165, 1.54) is 38.5 Å². The van der Waals surface area contributed by atoms with E-state index >= 15 is 0 Å². The number of anilines is 1. The first-order valence-electron chi connectivity index (χ1n) is 7.43. The lowest BCUT2D eigenvalue weighted by atomic mass is 9.98. The highest BCUT2D eigenvalue weighted by molar-refractivity contribution is 9.10. The standard InChI is InChI=1S/C16H23BrClNO/c1-3-11-5-4-6-13(8-7-11)19-15-10-12(18)9-14(17)16(15)20-2/h9-11,13,19H,3-8H2,1-2H3. The van der Waals surface area contributed by atoms with Gasteiger partial charge in [-0.15, -0.1) is 0 Å². The van der Waals surface area contributed by atoms with Crippen LogP contribution in [0.2, 0.25) is 5.02 Å². The molecule has 0 radical (unpaired) electrons. The van der Waals surface area contributed by atoms with E-state index in [-0.39, 0.29) is 0 Å². The van der Waals surface area contributed by atoms with Gasteiger partial charge < -0.3 is 10.1 Å². The van der Waals surface area contributed by atoms with Crippen molar-refractivity contribution in [3.63, 3.8) is 0 Å². The van der Waals surface area contributed by atoms with Gasteiger partial charge in [-0.3, -0.25) is 0 Å². The maximum atomic E-state index is 6.15. The summed E-state index contributed by atoms with van der Waals surface area (Å²) in [5.74, 6) is 1.74. The number of ether oxygens (including phenoxy) is 1. The molecule has 1 aliphatic rings. The zero-order valence-electron chi connectivity index (χ0n) is 12.2. The minimum atomic E-state index is 0.519. The van der Waals surface area contributed by atoms with Crippen LogP contribution in [0.15, 0.2) is 16.6 Å². The molecule has 1 aliphatic carbocycles. The minimum absolute atomic E-state index is 0.519. The molecule has 1 aromatic carbocycles. The van der Waals surface area contributed by atoms with Crippen LogP contribution in [0.3, 0.4) is 0 Å². The van der Waals surface area contributed by atoms with Crippen molar-refractivity contribution in [2.45, 2.75) is 51.5 Å². The number of nitrogens with one attached hydrogen (secondary N) is 1. The Bertz CT molecular complexity index is 452. The number of halogens is 2. The summed E-state index contributed by atoms with van der Waals surface area (Å²) in [5.41, 5.74) is 0.992. The van der Waals surface area contributed by atoms with Gasteiger partial charge in [0.25, 0.3) is 0 Å².